The quantitative estimate of drug-likeness (QED) is 0.641. The summed E-state index contributed by atoms with van der Waals surface area (Å²) in [4.78, 5) is 12.1. The number of sulfonamides is 1. The third-order valence-corrected chi connectivity index (χ3v) is 6.73. The molecule has 5 nitrogen and oxygen atoms in total. The minimum absolute atomic E-state index is 0.0689. The third kappa shape index (κ3) is 3.65. The van der Waals surface area contributed by atoms with Gasteiger partial charge in [-0.2, -0.15) is 0 Å². The maximum atomic E-state index is 12.7. The molecule has 132 valence electrons. The number of rotatable bonds is 5. The second-order valence-electron chi connectivity index (χ2n) is 5.74. The molecule has 0 radical (unpaired) electrons. The van der Waals surface area contributed by atoms with Gasteiger partial charge in [-0.25, -0.2) is 8.42 Å². The van der Waals surface area contributed by atoms with E-state index in [-0.39, 0.29) is 9.77 Å². The molecule has 0 atom stereocenters. The number of thiazole rings is 1. The van der Waals surface area contributed by atoms with E-state index in [2.05, 4.69) is 20.7 Å². The van der Waals surface area contributed by atoms with Gasteiger partial charge >= 0.3 is 4.87 Å². The number of nitrogens with zero attached hydrogens (tertiary/aromatic N) is 1. The molecule has 0 aliphatic carbocycles. The van der Waals surface area contributed by atoms with Crippen molar-refractivity contribution in [1.82, 2.24) is 4.57 Å². The first-order valence-corrected chi connectivity index (χ1v) is 10.8. The van der Waals surface area contributed by atoms with E-state index in [1.165, 1.54) is 6.07 Å². The molecule has 3 aromatic rings. The maximum absolute atomic E-state index is 12.7. The summed E-state index contributed by atoms with van der Waals surface area (Å²) in [5.41, 5.74) is 2.27. The second-order valence-corrected chi connectivity index (χ2v) is 9.27. The summed E-state index contributed by atoms with van der Waals surface area (Å²) in [6.45, 7) is 4.55. The van der Waals surface area contributed by atoms with Gasteiger partial charge in [0.15, 0.2) is 0 Å². The highest BCUT2D eigenvalue weighted by molar-refractivity contribution is 9.10. The van der Waals surface area contributed by atoms with Gasteiger partial charge in [0.05, 0.1) is 20.8 Å². The van der Waals surface area contributed by atoms with Crippen molar-refractivity contribution in [3.8, 4) is 0 Å². The summed E-state index contributed by atoms with van der Waals surface area (Å²) in [6, 6.07) is 10.2. The van der Waals surface area contributed by atoms with Crippen molar-refractivity contribution in [2.24, 2.45) is 0 Å². The van der Waals surface area contributed by atoms with E-state index in [1.54, 1.807) is 22.8 Å². The molecular formula is C17H17BrN2O3S2. The molecule has 0 aliphatic rings. The molecule has 0 aliphatic heterocycles. The highest BCUT2D eigenvalue weighted by atomic mass is 79.9. The first kappa shape index (κ1) is 18.2. The zero-order valence-corrected chi connectivity index (χ0v) is 17.0. The van der Waals surface area contributed by atoms with Crippen molar-refractivity contribution < 1.29 is 8.42 Å². The molecule has 0 fully saturated rings. The van der Waals surface area contributed by atoms with Crippen LogP contribution in [0.15, 0.2) is 50.6 Å². The van der Waals surface area contributed by atoms with Crippen LogP contribution in [0.1, 0.15) is 18.9 Å². The lowest BCUT2D eigenvalue weighted by molar-refractivity contribution is 0.601. The molecule has 0 saturated carbocycles. The van der Waals surface area contributed by atoms with Crippen LogP contribution in [0.3, 0.4) is 0 Å². The standard InChI is InChI=1S/C17H17BrN2O3S2/c1-3-8-20-15-7-5-12(10-16(15)24-17(20)21)25(22,23)19-14-6-4-11(2)9-13(14)18/h4-7,9-10,19H,3,8H2,1-2H3. The van der Waals surface area contributed by atoms with Crippen LogP contribution in [-0.2, 0) is 16.6 Å². The summed E-state index contributed by atoms with van der Waals surface area (Å²) >= 11 is 4.44. The Kier molecular flexibility index (Phi) is 5.04. The Labute approximate surface area is 158 Å². The molecule has 1 aromatic heterocycles. The fourth-order valence-electron chi connectivity index (χ4n) is 2.56. The van der Waals surface area contributed by atoms with E-state index >= 15 is 0 Å². The zero-order chi connectivity index (χ0) is 18.2. The summed E-state index contributed by atoms with van der Waals surface area (Å²) in [6.07, 6.45) is 0.842. The molecule has 0 spiro atoms. The summed E-state index contributed by atoms with van der Waals surface area (Å²) in [5, 5.41) is 0. The smallest absolute Gasteiger partial charge is 0.299 e. The molecule has 1 heterocycles. The first-order chi connectivity index (χ1) is 11.8. The molecule has 0 saturated heterocycles. The van der Waals surface area contributed by atoms with Gasteiger partial charge in [0.2, 0.25) is 0 Å². The van der Waals surface area contributed by atoms with Gasteiger partial charge in [0.25, 0.3) is 10.0 Å². The number of nitrogens with one attached hydrogen (secondary N) is 1. The summed E-state index contributed by atoms with van der Waals surface area (Å²) in [5.74, 6) is 0. The number of aromatic nitrogens is 1. The van der Waals surface area contributed by atoms with Gasteiger partial charge < -0.3 is 0 Å². The molecule has 25 heavy (non-hydrogen) atoms. The van der Waals surface area contributed by atoms with Crippen molar-refractivity contribution in [2.75, 3.05) is 4.72 Å². The second kappa shape index (κ2) is 6.93. The zero-order valence-electron chi connectivity index (χ0n) is 13.7. The molecule has 0 unspecified atom stereocenters. The van der Waals surface area contributed by atoms with Crippen LogP contribution in [0.2, 0.25) is 0 Å². The molecular weight excluding hydrogens is 424 g/mol. The third-order valence-electron chi connectivity index (χ3n) is 3.77. The van der Waals surface area contributed by atoms with Gasteiger partial charge in [-0.3, -0.25) is 14.1 Å². The lowest BCUT2D eigenvalue weighted by atomic mass is 10.2. The number of hydrogen-bond donors (Lipinski definition) is 1. The van der Waals surface area contributed by atoms with Crippen molar-refractivity contribution in [3.05, 3.63) is 56.1 Å². The predicted molar refractivity (Wildman–Crippen MR) is 106 cm³/mol. The fourth-order valence-corrected chi connectivity index (χ4v) is 5.42. The SMILES string of the molecule is CCCn1c(=O)sc2cc(S(=O)(=O)Nc3ccc(C)cc3Br)ccc21. The minimum atomic E-state index is -3.74. The van der Waals surface area contributed by atoms with Gasteiger partial charge in [0.1, 0.15) is 0 Å². The number of hydrogen-bond acceptors (Lipinski definition) is 4. The average molecular weight is 441 g/mol. The van der Waals surface area contributed by atoms with Crippen molar-refractivity contribution in [3.63, 3.8) is 0 Å². The van der Waals surface area contributed by atoms with Crippen LogP contribution in [0.4, 0.5) is 5.69 Å². The average Bonchev–Trinajstić information content (AvgIpc) is 2.86. The van der Waals surface area contributed by atoms with E-state index in [4.69, 9.17) is 0 Å². The van der Waals surface area contributed by atoms with Crippen LogP contribution in [0.25, 0.3) is 10.2 Å². The Morgan fingerprint density at radius 2 is 1.96 bits per heavy atom. The lowest BCUT2D eigenvalue weighted by Gasteiger charge is -2.10. The summed E-state index contributed by atoms with van der Waals surface area (Å²) < 4.78 is 31.0. The van der Waals surface area contributed by atoms with E-state index in [0.717, 1.165) is 28.8 Å². The van der Waals surface area contributed by atoms with Gasteiger partial charge in [-0.15, -0.1) is 0 Å². The Balaban J connectivity index is 2.01. The number of benzene rings is 2. The number of fused-ring (bicyclic) bond motifs is 1. The Morgan fingerprint density at radius 3 is 2.64 bits per heavy atom. The minimum Gasteiger partial charge on any atom is -0.299 e. The number of halogens is 1. The normalized spacial score (nSPS) is 11.8. The highest BCUT2D eigenvalue weighted by Crippen LogP contribution is 2.28. The van der Waals surface area contributed by atoms with E-state index in [0.29, 0.717) is 21.4 Å². The van der Waals surface area contributed by atoms with Crippen LogP contribution in [-0.4, -0.2) is 13.0 Å². The Hall–Kier alpha value is -1.64. The Morgan fingerprint density at radius 1 is 1.20 bits per heavy atom. The highest BCUT2D eigenvalue weighted by Gasteiger charge is 2.18. The van der Waals surface area contributed by atoms with Crippen LogP contribution in [0, 0.1) is 6.92 Å². The van der Waals surface area contributed by atoms with Gasteiger partial charge in [-0.05, 0) is 65.2 Å². The fraction of sp³-hybridized carbons (Fsp3) is 0.235. The maximum Gasteiger partial charge on any atom is 0.308 e. The van der Waals surface area contributed by atoms with Gasteiger partial charge in [-0.1, -0.05) is 24.3 Å². The summed E-state index contributed by atoms with van der Waals surface area (Å²) in [7, 11) is -3.74. The molecule has 1 N–H and O–H groups in total. The van der Waals surface area contributed by atoms with Crippen molar-refractivity contribution in [1.29, 1.82) is 0 Å². The van der Waals surface area contributed by atoms with Crippen LogP contribution >= 0.6 is 27.3 Å². The first-order valence-electron chi connectivity index (χ1n) is 7.74. The molecule has 3 rings (SSSR count). The van der Waals surface area contributed by atoms with Crippen molar-refractivity contribution in [2.45, 2.75) is 31.7 Å². The Bertz CT molecular complexity index is 1100. The lowest BCUT2D eigenvalue weighted by Crippen LogP contribution is -2.14. The molecule has 0 bridgehead atoms. The topological polar surface area (TPSA) is 68.2 Å². The van der Waals surface area contributed by atoms with E-state index in [1.807, 2.05) is 26.0 Å². The molecule has 2 aromatic carbocycles. The van der Waals surface area contributed by atoms with Crippen LogP contribution < -0.4 is 9.60 Å². The molecule has 8 heteroatoms. The largest absolute Gasteiger partial charge is 0.308 e. The monoisotopic (exact) mass is 440 g/mol. The van der Waals surface area contributed by atoms with Crippen LogP contribution in [0.5, 0.6) is 0 Å². The van der Waals surface area contributed by atoms with Crippen molar-refractivity contribution >= 4 is 53.2 Å². The number of aryl methyl sites for hydroxylation is 2. The predicted octanol–water partition coefficient (Wildman–Crippen LogP) is 4.34. The number of anilines is 1. The van der Waals surface area contributed by atoms with Gasteiger partial charge in [0, 0.05) is 11.0 Å². The molecule has 0 amide bonds. The van der Waals surface area contributed by atoms with E-state index in [9.17, 15) is 13.2 Å². The van der Waals surface area contributed by atoms with E-state index < -0.39 is 10.0 Å².